The summed E-state index contributed by atoms with van der Waals surface area (Å²) in [5, 5.41) is 7.95. The normalized spacial score (nSPS) is 15.2. The van der Waals surface area contributed by atoms with Crippen LogP contribution in [0.3, 0.4) is 0 Å². The molecule has 0 saturated heterocycles. The lowest BCUT2D eigenvalue weighted by atomic mass is 10.1. The van der Waals surface area contributed by atoms with E-state index in [0.717, 1.165) is 37.3 Å². The largest absolute Gasteiger partial charge is 0.379 e. The Morgan fingerprint density at radius 3 is 2.88 bits per heavy atom. The number of hydrogen-bond donors (Lipinski definition) is 1. The fourth-order valence-corrected chi connectivity index (χ4v) is 2.71. The number of aromatic nitrogens is 2. The van der Waals surface area contributed by atoms with Crippen LogP contribution >= 0.6 is 0 Å². The highest BCUT2D eigenvalue weighted by molar-refractivity contribution is 5.79. The second-order valence-corrected chi connectivity index (χ2v) is 6.98. The molecule has 1 heterocycles. The highest BCUT2D eigenvalue weighted by Gasteiger charge is 2.21. The van der Waals surface area contributed by atoms with E-state index < -0.39 is 0 Å². The molecule has 6 heteroatoms. The highest BCUT2D eigenvalue weighted by Crippen LogP contribution is 2.28. The molecule has 2 rings (SSSR count). The summed E-state index contributed by atoms with van der Waals surface area (Å²) in [6.45, 7) is 10.4. The van der Waals surface area contributed by atoms with Crippen molar-refractivity contribution in [2.24, 2.45) is 18.0 Å². The zero-order valence-corrected chi connectivity index (χ0v) is 15.9. The molecular formula is C18H33N5O. The number of aryl methyl sites for hydroxylation is 1. The van der Waals surface area contributed by atoms with E-state index in [2.05, 4.69) is 54.3 Å². The molecule has 1 N–H and O–H groups in total. The van der Waals surface area contributed by atoms with Crippen LogP contribution < -0.4 is 5.32 Å². The first-order chi connectivity index (χ1) is 11.5. The molecule has 0 unspecified atom stereocenters. The predicted octanol–water partition coefficient (Wildman–Crippen LogP) is 2.37. The summed E-state index contributed by atoms with van der Waals surface area (Å²) in [5.41, 5.74) is 2.42. The molecule has 136 valence electrons. The number of rotatable bonds is 9. The summed E-state index contributed by atoms with van der Waals surface area (Å²) in [5.74, 6) is 2.15. The number of guanidine groups is 1. The van der Waals surface area contributed by atoms with Crippen molar-refractivity contribution in [3.8, 4) is 0 Å². The maximum Gasteiger partial charge on any atom is 0.194 e. The first kappa shape index (κ1) is 18.8. The van der Waals surface area contributed by atoms with E-state index in [0.29, 0.717) is 19.1 Å². The van der Waals surface area contributed by atoms with Crippen molar-refractivity contribution in [3.05, 3.63) is 17.5 Å². The molecule has 1 aromatic heterocycles. The number of nitrogens with one attached hydrogen (secondary N) is 1. The van der Waals surface area contributed by atoms with Crippen LogP contribution in [-0.4, -0.2) is 54.0 Å². The second kappa shape index (κ2) is 9.06. The van der Waals surface area contributed by atoms with Crippen LogP contribution in [-0.2, 0) is 18.3 Å². The van der Waals surface area contributed by atoms with Gasteiger partial charge >= 0.3 is 0 Å². The Hall–Kier alpha value is -1.56. The molecule has 0 radical (unpaired) electrons. The van der Waals surface area contributed by atoms with Crippen LogP contribution in [0.25, 0.3) is 0 Å². The lowest BCUT2D eigenvalue weighted by molar-refractivity contribution is 0.131. The Labute approximate surface area is 146 Å². The Morgan fingerprint density at radius 2 is 2.25 bits per heavy atom. The van der Waals surface area contributed by atoms with E-state index in [4.69, 9.17) is 4.74 Å². The first-order valence-electron chi connectivity index (χ1n) is 9.10. The molecule has 0 aromatic carbocycles. The van der Waals surface area contributed by atoms with Gasteiger partial charge in [-0.2, -0.15) is 5.10 Å². The smallest absolute Gasteiger partial charge is 0.194 e. The van der Waals surface area contributed by atoms with Gasteiger partial charge in [0.05, 0.1) is 18.8 Å². The molecule has 1 aromatic rings. The van der Waals surface area contributed by atoms with E-state index in [1.54, 1.807) is 0 Å². The quantitative estimate of drug-likeness (QED) is 0.428. The van der Waals surface area contributed by atoms with Gasteiger partial charge < -0.3 is 15.0 Å². The molecule has 0 amide bonds. The van der Waals surface area contributed by atoms with Gasteiger partial charge in [0.15, 0.2) is 5.96 Å². The monoisotopic (exact) mass is 335 g/mol. The molecule has 1 aliphatic carbocycles. The van der Waals surface area contributed by atoms with E-state index in [1.165, 1.54) is 18.4 Å². The van der Waals surface area contributed by atoms with Gasteiger partial charge in [-0.05, 0) is 31.6 Å². The standard InChI is InChI=1S/C18H33N5O/c1-6-19-18(20-9-10-24-13-15-7-8-15)22(4)11-16-12-23(5)21-17(16)14(2)3/h12,14-15H,6-11,13H2,1-5H3,(H,19,20). The van der Waals surface area contributed by atoms with Crippen LogP contribution in [0.2, 0.25) is 0 Å². The minimum absolute atomic E-state index is 0.421. The summed E-state index contributed by atoms with van der Waals surface area (Å²) >= 11 is 0. The van der Waals surface area contributed by atoms with Gasteiger partial charge in [-0.1, -0.05) is 13.8 Å². The van der Waals surface area contributed by atoms with E-state index >= 15 is 0 Å². The molecule has 1 saturated carbocycles. The van der Waals surface area contributed by atoms with Gasteiger partial charge in [-0.25, -0.2) is 0 Å². The van der Waals surface area contributed by atoms with Gasteiger partial charge in [0.25, 0.3) is 0 Å². The summed E-state index contributed by atoms with van der Waals surface area (Å²) < 4.78 is 7.57. The number of aliphatic imine (C=N–C) groups is 1. The van der Waals surface area contributed by atoms with Crippen molar-refractivity contribution in [1.29, 1.82) is 0 Å². The fourth-order valence-electron chi connectivity index (χ4n) is 2.71. The van der Waals surface area contributed by atoms with Crippen molar-refractivity contribution in [2.75, 3.05) is 33.4 Å². The molecule has 0 atom stereocenters. The van der Waals surface area contributed by atoms with Crippen molar-refractivity contribution in [1.82, 2.24) is 20.0 Å². The SMILES string of the molecule is CCNC(=NCCOCC1CC1)N(C)Cc1cn(C)nc1C(C)C. The van der Waals surface area contributed by atoms with Gasteiger partial charge in [0.2, 0.25) is 0 Å². The lowest BCUT2D eigenvalue weighted by Gasteiger charge is -2.22. The third-order valence-electron chi connectivity index (χ3n) is 4.14. The first-order valence-corrected chi connectivity index (χ1v) is 9.10. The van der Waals surface area contributed by atoms with Gasteiger partial charge in [0.1, 0.15) is 0 Å². The zero-order valence-electron chi connectivity index (χ0n) is 15.9. The van der Waals surface area contributed by atoms with Gasteiger partial charge in [-0.15, -0.1) is 0 Å². The Kier molecular flexibility index (Phi) is 7.09. The summed E-state index contributed by atoms with van der Waals surface area (Å²) in [6, 6.07) is 0. The summed E-state index contributed by atoms with van der Waals surface area (Å²) in [4.78, 5) is 6.85. The van der Waals surface area contributed by atoms with Crippen LogP contribution in [0.4, 0.5) is 0 Å². The van der Waals surface area contributed by atoms with Gasteiger partial charge in [0, 0.05) is 45.6 Å². The van der Waals surface area contributed by atoms with Crippen molar-refractivity contribution in [2.45, 2.75) is 46.1 Å². The lowest BCUT2D eigenvalue weighted by Crippen LogP contribution is -2.38. The maximum atomic E-state index is 5.67. The summed E-state index contributed by atoms with van der Waals surface area (Å²) in [6.07, 6.45) is 4.77. The maximum absolute atomic E-state index is 5.67. The third-order valence-corrected chi connectivity index (χ3v) is 4.14. The van der Waals surface area contributed by atoms with E-state index in [1.807, 2.05) is 11.7 Å². The topological polar surface area (TPSA) is 54.7 Å². The van der Waals surface area contributed by atoms with E-state index in [-0.39, 0.29) is 0 Å². The van der Waals surface area contributed by atoms with Gasteiger partial charge in [-0.3, -0.25) is 9.67 Å². The third kappa shape index (κ3) is 5.82. The van der Waals surface area contributed by atoms with Crippen LogP contribution in [0.15, 0.2) is 11.2 Å². The molecule has 1 aliphatic rings. The number of ether oxygens (including phenoxy) is 1. The molecule has 24 heavy (non-hydrogen) atoms. The average molecular weight is 335 g/mol. The summed E-state index contributed by atoms with van der Waals surface area (Å²) in [7, 11) is 4.05. The molecular weight excluding hydrogens is 302 g/mol. The van der Waals surface area contributed by atoms with Crippen molar-refractivity contribution < 1.29 is 4.74 Å². The minimum Gasteiger partial charge on any atom is -0.379 e. The minimum atomic E-state index is 0.421. The Balaban J connectivity index is 1.90. The Morgan fingerprint density at radius 1 is 1.50 bits per heavy atom. The molecule has 6 nitrogen and oxygen atoms in total. The van der Waals surface area contributed by atoms with Crippen LogP contribution in [0, 0.1) is 5.92 Å². The average Bonchev–Trinajstić information content (AvgIpc) is 3.27. The Bertz CT molecular complexity index is 534. The fraction of sp³-hybridized carbons (Fsp3) is 0.778. The molecule has 0 aliphatic heterocycles. The van der Waals surface area contributed by atoms with Crippen molar-refractivity contribution >= 4 is 5.96 Å². The van der Waals surface area contributed by atoms with E-state index in [9.17, 15) is 0 Å². The number of hydrogen-bond acceptors (Lipinski definition) is 3. The second-order valence-electron chi connectivity index (χ2n) is 6.98. The van der Waals surface area contributed by atoms with Crippen molar-refractivity contribution in [3.63, 3.8) is 0 Å². The van der Waals surface area contributed by atoms with Crippen LogP contribution in [0.1, 0.15) is 50.8 Å². The molecule has 0 spiro atoms. The van der Waals surface area contributed by atoms with Crippen LogP contribution in [0.5, 0.6) is 0 Å². The highest BCUT2D eigenvalue weighted by atomic mass is 16.5. The molecule has 0 bridgehead atoms. The number of nitrogens with zero attached hydrogens (tertiary/aromatic N) is 4. The predicted molar refractivity (Wildman–Crippen MR) is 98.3 cm³/mol. The zero-order chi connectivity index (χ0) is 17.5. The molecule has 1 fully saturated rings.